The third-order valence-electron chi connectivity index (χ3n) is 2.72. The summed E-state index contributed by atoms with van der Waals surface area (Å²) in [5.74, 6) is 0. The number of aryl methyl sites for hydroxylation is 1. The first kappa shape index (κ1) is 13.5. The van der Waals surface area contributed by atoms with Gasteiger partial charge in [0.05, 0.1) is 0 Å². The van der Waals surface area contributed by atoms with Gasteiger partial charge in [0, 0.05) is 20.9 Å². The van der Waals surface area contributed by atoms with Crippen LogP contribution in [0, 0.1) is 6.92 Å². The largest absolute Gasteiger partial charge is 0.324 e. The van der Waals surface area contributed by atoms with E-state index in [0.29, 0.717) is 0 Å². The van der Waals surface area contributed by atoms with Crippen molar-refractivity contribution in [3.05, 3.63) is 58.6 Å². The summed E-state index contributed by atoms with van der Waals surface area (Å²) in [6.45, 7) is 4.02. The van der Waals surface area contributed by atoms with Crippen molar-refractivity contribution in [2.75, 3.05) is 0 Å². The third kappa shape index (κ3) is 3.29. The minimum Gasteiger partial charge on any atom is -0.324 e. The van der Waals surface area contributed by atoms with Gasteiger partial charge in [0.2, 0.25) is 0 Å². The van der Waals surface area contributed by atoms with Crippen molar-refractivity contribution in [1.82, 2.24) is 0 Å². The molecule has 0 aliphatic rings. The lowest BCUT2D eigenvalue weighted by atomic mass is 10.1. The zero-order valence-electron chi connectivity index (χ0n) is 10.5. The molecule has 0 saturated carbocycles. The molecule has 18 heavy (non-hydrogen) atoms. The Balaban J connectivity index is 2.20. The summed E-state index contributed by atoms with van der Waals surface area (Å²) in [5.41, 5.74) is 8.10. The molecular weight excluding hydrogens is 262 g/mol. The van der Waals surface area contributed by atoms with Crippen molar-refractivity contribution in [2.45, 2.75) is 29.7 Å². The third-order valence-corrected chi connectivity index (χ3v) is 4.04. The maximum absolute atomic E-state index is 6.22. The highest BCUT2D eigenvalue weighted by atomic mass is 35.5. The van der Waals surface area contributed by atoms with E-state index >= 15 is 0 Å². The van der Waals surface area contributed by atoms with E-state index in [9.17, 15) is 0 Å². The molecule has 2 rings (SSSR count). The molecule has 0 aromatic heterocycles. The predicted molar refractivity (Wildman–Crippen MR) is 79.4 cm³/mol. The topological polar surface area (TPSA) is 26.0 Å². The maximum atomic E-state index is 6.22. The van der Waals surface area contributed by atoms with Gasteiger partial charge in [-0.3, -0.25) is 0 Å². The smallest absolute Gasteiger partial charge is 0.0464 e. The Hall–Kier alpha value is -0.960. The van der Waals surface area contributed by atoms with Gasteiger partial charge in [0.25, 0.3) is 0 Å². The molecule has 0 aliphatic heterocycles. The average molecular weight is 278 g/mol. The van der Waals surface area contributed by atoms with Crippen LogP contribution in [0.1, 0.15) is 24.1 Å². The molecular formula is C15H16ClNS. The van der Waals surface area contributed by atoms with Crippen LogP contribution >= 0.6 is 23.4 Å². The van der Waals surface area contributed by atoms with Gasteiger partial charge in [0.15, 0.2) is 0 Å². The minimum absolute atomic E-state index is 0.0316. The van der Waals surface area contributed by atoms with E-state index < -0.39 is 0 Å². The summed E-state index contributed by atoms with van der Waals surface area (Å²) in [7, 11) is 0. The highest BCUT2D eigenvalue weighted by Crippen LogP contribution is 2.32. The first-order valence-corrected chi connectivity index (χ1v) is 7.05. The van der Waals surface area contributed by atoms with E-state index in [1.54, 1.807) is 11.8 Å². The van der Waals surface area contributed by atoms with Crippen molar-refractivity contribution in [3.63, 3.8) is 0 Å². The number of rotatable bonds is 3. The molecule has 2 N–H and O–H groups in total. The van der Waals surface area contributed by atoms with Crippen LogP contribution in [0.25, 0.3) is 0 Å². The Morgan fingerprint density at radius 1 is 1.06 bits per heavy atom. The predicted octanol–water partition coefficient (Wildman–Crippen LogP) is 4.82. The summed E-state index contributed by atoms with van der Waals surface area (Å²) in [5, 5.41) is 0.738. The fraction of sp³-hybridized carbons (Fsp3) is 0.200. The first-order valence-electron chi connectivity index (χ1n) is 5.86. The Morgan fingerprint density at radius 3 is 2.22 bits per heavy atom. The lowest BCUT2D eigenvalue weighted by Gasteiger charge is -2.10. The summed E-state index contributed by atoms with van der Waals surface area (Å²) in [6, 6.07) is 14.5. The second kappa shape index (κ2) is 5.79. The van der Waals surface area contributed by atoms with Crippen LogP contribution in [-0.2, 0) is 0 Å². The second-order valence-electron chi connectivity index (χ2n) is 4.39. The summed E-state index contributed by atoms with van der Waals surface area (Å²) in [4.78, 5) is 2.35. The molecule has 0 radical (unpaired) electrons. The standard InChI is InChI=1S/C15H16ClNS/c1-10-3-5-12(6-4-10)18-13-7-8-14(11(2)17)15(16)9-13/h3-9,11H,17H2,1-2H3. The summed E-state index contributed by atoms with van der Waals surface area (Å²) < 4.78 is 0. The van der Waals surface area contributed by atoms with Gasteiger partial charge in [-0.1, -0.05) is 47.1 Å². The summed E-state index contributed by atoms with van der Waals surface area (Å²) in [6.07, 6.45) is 0. The highest BCUT2D eigenvalue weighted by Gasteiger charge is 2.06. The van der Waals surface area contributed by atoms with Crippen LogP contribution in [0.5, 0.6) is 0 Å². The second-order valence-corrected chi connectivity index (χ2v) is 5.94. The first-order chi connectivity index (χ1) is 8.56. The number of halogens is 1. The lowest BCUT2D eigenvalue weighted by molar-refractivity contribution is 0.817. The SMILES string of the molecule is Cc1ccc(Sc2ccc(C(C)N)c(Cl)c2)cc1. The summed E-state index contributed by atoms with van der Waals surface area (Å²) >= 11 is 7.93. The fourth-order valence-corrected chi connectivity index (χ4v) is 2.96. The fourth-order valence-electron chi connectivity index (χ4n) is 1.68. The minimum atomic E-state index is -0.0316. The van der Waals surface area contributed by atoms with Crippen molar-refractivity contribution in [2.24, 2.45) is 5.73 Å². The molecule has 0 saturated heterocycles. The van der Waals surface area contributed by atoms with E-state index in [0.717, 1.165) is 15.5 Å². The van der Waals surface area contributed by atoms with E-state index in [1.165, 1.54) is 10.5 Å². The Morgan fingerprint density at radius 2 is 1.67 bits per heavy atom. The normalized spacial score (nSPS) is 12.4. The zero-order chi connectivity index (χ0) is 13.1. The van der Waals surface area contributed by atoms with Gasteiger partial charge in [-0.05, 0) is 43.7 Å². The Kier molecular flexibility index (Phi) is 4.33. The van der Waals surface area contributed by atoms with Crippen LogP contribution in [-0.4, -0.2) is 0 Å². The molecule has 1 unspecified atom stereocenters. The van der Waals surface area contributed by atoms with Crippen molar-refractivity contribution in [3.8, 4) is 0 Å². The molecule has 1 nitrogen and oxygen atoms in total. The molecule has 0 amide bonds. The van der Waals surface area contributed by atoms with Gasteiger partial charge >= 0.3 is 0 Å². The monoisotopic (exact) mass is 277 g/mol. The van der Waals surface area contributed by atoms with Crippen molar-refractivity contribution in [1.29, 1.82) is 0 Å². The van der Waals surface area contributed by atoms with Crippen LogP contribution in [0.2, 0.25) is 5.02 Å². The molecule has 0 heterocycles. The van der Waals surface area contributed by atoms with E-state index in [4.69, 9.17) is 17.3 Å². The number of hydrogen-bond donors (Lipinski definition) is 1. The quantitative estimate of drug-likeness (QED) is 0.870. The van der Waals surface area contributed by atoms with Crippen molar-refractivity contribution < 1.29 is 0 Å². The number of hydrogen-bond acceptors (Lipinski definition) is 2. The van der Waals surface area contributed by atoms with Gasteiger partial charge in [-0.25, -0.2) is 0 Å². The average Bonchev–Trinajstić information content (AvgIpc) is 2.32. The molecule has 2 aromatic rings. The number of benzene rings is 2. The Labute approximate surface area is 117 Å². The zero-order valence-corrected chi connectivity index (χ0v) is 12.1. The molecule has 0 aliphatic carbocycles. The van der Waals surface area contributed by atoms with Crippen LogP contribution in [0.3, 0.4) is 0 Å². The van der Waals surface area contributed by atoms with E-state index in [2.05, 4.69) is 37.3 Å². The molecule has 3 heteroatoms. The van der Waals surface area contributed by atoms with Gasteiger partial charge < -0.3 is 5.73 Å². The van der Waals surface area contributed by atoms with E-state index in [1.807, 2.05) is 19.1 Å². The van der Waals surface area contributed by atoms with Gasteiger partial charge in [0.1, 0.15) is 0 Å². The number of nitrogens with two attached hydrogens (primary N) is 1. The van der Waals surface area contributed by atoms with Gasteiger partial charge in [-0.15, -0.1) is 0 Å². The molecule has 0 bridgehead atoms. The van der Waals surface area contributed by atoms with Crippen LogP contribution < -0.4 is 5.73 Å². The Bertz CT molecular complexity index is 535. The molecule has 1 atom stereocenters. The molecule has 94 valence electrons. The lowest BCUT2D eigenvalue weighted by Crippen LogP contribution is -2.05. The molecule has 0 spiro atoms. The van der Waals surface area contributed by atoms with Crippen molar-refractivity contribution >= 4 is 23.4 Å². The molecule has 2 aromatic carbocycles. The van der Waals surface area contributed by atoms with Crippen LogP contribution in [0.15, 0.2) is 52.3 Å². The maximum Gasteiger partial charge on any atom is 0.0464 e. The highest BCUT2D eigenvalue weighted by molar-refractivity contribution is 7.99. The van der Waals surface area contributed by atoms with Crippen LogP contribution in [0.4, 0.5) is 0 Å². The molecule has 0 fully saturated rings. The van der Waals surface area contributed by atoms with Gasteiger partial charge in [-0.2, -0.15) is 0 Å². The van der Waals surface area contributed by atoms with E-state index in [-0.39, 0.29) is 6.04 Å².